The normalized spacial score (nSPS) is 25.6. The van der Waals surface area contributed by atoms with Crippen LogP contribution in [-0.4, -0.2) is 82.7 Å². The predicted octanol–water partition coefficient (Wildman–Crippen LogP) is 5.57. The van der Waals surface area contributed by atoms with E-state index >= 15 is 0 Å². The van der Waals surface area contributed by atoms with Crippen LogP contribution in [0.25, 0.3) is 0 Å². The Morgan fingerprint density at radius 1 is 0.585 bits per heavy atom. The van der Waals surface area contributed by atoms with E-state index in [9.17, 15) is 28.8 Å². The Morgan fingerprint density at radius 3 is 1.26 bits per heavy atom. The third-order valence-corrected chi connectivity index (χ3v) is 12.3. The van der Waals surface area contributed by atoms with Gasteiger partial charge in [0.15, 0.2) is 0 Å². The largest absolute Gasteiger partial charge is 0.343 e. The summed E-state index contributed by atoms with van der Waals surface area (Å²) in [5.74, 6) is 0.623. The number of piperidine rings is 2. The maximum atomic E-state index is 12.7. The summed E-state index contributed by atoms with van der Waals surface area (Å²) in [5, 5.41) is 9.51. The van der Waals surface area contributed by atoms with E-state index in [1.807, 2.05) is 17.0 Å². The zero-order chi connectivity index (χ0) is 37.8. The fourth-order valence-corrected chi connectivity index (χ4v) is 8.64. The molecule has 5 fully saturated rings. The molecule has 0 aromatic heterocycles. The molecule has 4 N–H and O–H groups in total. The molecule has 284 valence electrons. The van der Waals surface area contributed by atoms with Crippen molar-refractivity contribution in [3.8, 4) is 0 Å². The Kier molecular flexibility index (Phi) is 11.9. The fraction of sp³-hybridized carbons (Fsp3) is 0.550. The van der Waals surface area contributed by atoms with Crippen LogP contribution in [-0.2, 0) is 19.2 Å². The molecule has 2 atom stereocenters. The summed E-state index contributed by atoms with van der Waals surface area (Å²) in [6.45, 7) is 5.92. The molecule has 4 saturated heterocycles. The number of halogens is 1. The zero-order valence-corrected chi connectivity index (χ0v) is 32.3. The summed E-state index contributed by atoms with van der Waals surface area (Å²) in [7, 11) is 0. The molecular weight excluding hydrogens is 740 g/mol. The summed E-state index contributed by atoms with van der Waals surface area (Å²) in [6, 6.07) is 16.4. The van der Waals surface area contributed by atoms with Crippen molar-refractivity contribution >= 4 is 51.6 Å². The highest BCUT2D eigenvalue weighted by atomic mass is 79.9. The Morgan fingerprint density at radius 2 is 0.925 bits per heavy atom. The number of carbonyl (C=O) groups excluding carboxylic acids is 6. The van der Waals surface area contributed by atoms with Gasteiger partial charge in [-0.1, -0.05) is 71.6 Å². The van der Waals surface area contributed by atoms with E-state index in [1.165, 1.54) is 48.8 Å². The van der Waals surface area contributed by atoms with Crippen LogP contribution in [0.3, 0.4) is 0 Å². The highest BCUT2D eigenvalue weighted by Crippen LogP contribution is 2.35. The van der Waals surface area contributed by atoms with Gasteiger partial charge >= 0.3 is 12.1 Å². The third-order valence-electron chi connectivity index (χ3n) is 11.8. The molecule has 5 aliphatic rings. The van der Waals surface area contributed by atoms with E-state index in [0.29, 0.717) is 38.0 Å². The van der Waals surface area contributed by atoms with E-state index in [2.05, 4.69) is 73.6 Å². The number of nitrogens with zero attached hydrogens (tertiary/aromatic N) is 2. The topological polar surface area (TPSA) is 157 Å². The molecule has 7 rings (SSSR count). The number of urea groups is 2. The van der Waals surface area contributed by atoms with E-state index in [0.717, 1.165) is 36.1 Å². The summed E-state index contributed by atoms with van der Waals surface area (Å²) < 4.78 is 1.06. The Balaban J connectivity index is 0.000000185. The van der Waals surface area contributed by atoms with Gasteiger partial charge in [-0.3, -0.25) is 29.8 Å². The minimum atomic E-state index is -1.14. The van der Waals surface area contributed by atoms with Crippen molar-refractivity contribution in [3.63, 3.8) is 0 Å². The predicted molar refractivity (Wildman–Crippen MR) is 203 cm³/mol. The van der Waals surface area contributed by atoms with E-state index < -0.39 is 35.0 Å². The van der Waals surface area contributed by atoms with Crippen LogP contribution in [0.15, 0.2) is 53.0 Å². The number of hydrogen-bond acceptors (Lipinski definition) is 6. The third kappa shape index (κ3) is 9.28. The highest BCUT2D eigenvalue weighted by Gasteiger charge is 2.45. The maximum absolute atomic E-state index is 12.7. The van der Waals surface area contributed by atoms with Crippen molar-refractivity contribution < 1.29 is 28.8 Å². The van der Waals surface area contributed by atoms with Gasteiger partial charge in [-0.15, -0.1) is 0 Å². The average Bonchev–Trinajstić information content (AvgIpc) is 3.57. The zero-order valence-electron chi connectivity index (χ0n) is 30.7. The second kappa shape index (κ2) is 16.4. The number of amides is 8. The van der Waals surface area contributed by atoms with Crippen LogP contribution in [0, 0.1) is 0 Å². The van der Waals surface area contributed by atoms with Gasteiger partial charge in [0, 0.05) is 30.7 Å². The molecule has 2 unspecified atom stereocenters. The smallest absolute Gasteiger partial charge is 0.322 e. The lowest BCUT2D eigenvalue weighted by molar-refractivity contribution is -0.137. The number of hydrogen-bond donors (Lipinski definition) is 4. The van der Waals surface area contributed by atoms with E-state index in [4.69, 9.17) is 0 Å². The Bertz CT molecular complexity index is 1700. The van der Waals surface area contributed by atoms with Crippen LogP contribution in [0.2, 0.25) is 0 Å². The monoisotopic (exact) mass is 790 g/mol. The summed E-state index contributed by atoms with van der Waals surface area (Å²) >= 11 is 3.44. The van der Waals surface area contributed by atoms with Gasteiger partial charge in [-0.25, -0.2) is 9.59 Å². The van der Waals surface area contributed by atoms with Crippen LogP contribution in [0.1, 0.15) is 119 Å². The lowest BCUT2D eigenvalue weighted by Crippen LogP contribution is -2.49. The molecule has 53 heavy (non-hydrogen) atoms. The van der Waals surface area contributed by atoms with Crippen LogP contribution < -0.4 is 21.3 Å². The van der Waals surface area contributed by atoms with Crippen molar-refractivity contribution in [3.05, 3.63) is 69.7 Å². The second-order valence-electron chi connectivity index (χ2n) is 15.7. The van der Waals surface area contributed by atoms with Crippen molar-refractivity contribution in [1.82, 2.24) is 31.1 Å². The van der Waals surface area contributed by atoms with Crippen molar-refractivity contribution in [2.24, 2.45) is 0 Å². The highest BCUT2D eigenvalue weighted by molar-refractivity contribution is 9.10. The molecule has 12 nitrogen and oxygen atoms in total. The number of benzene rings is 2. The van der Waals surface area contributed by atoms with Gasteiger partial charge in [0.1, 0.15) is 11.1 Å². The molecule has 0 spiro atoms. The molecule has 2 aromatic rings. The van der Waals surface area contributed by atoms with Crippen molar-refractivity contribution in [1.29, 1.82) is 0 Å². The lowest BCUT2D eigenvalue weighted by Gasteiger charge is -2.34. The molecule has 1 saturated carbocycles. The molecule has 8 amide bonds. The van der Waals surface area contributed by atoms with Gasteiger partial charge < -0.3 is 20.4 Å². The standard InChI is InChI=1S/C23H31N3O3.C17H20BrN3O3/c1-23(21(28)24-22(29)25-23)15-20(27)26-13-11-19(12-14-26)18-9-7-17(8-10-18)16-5-3-2-4-6-16;1-17(15(23)19-16(24)20-17)10-14(22)21-8-6-12(7-9-21)11-2-4-13(18)5-3-11/h7-10,16,19H,2-6,11-15H2,1H3,(H2,24,25,28,29);2-5,12H,6-10H2,1H3,(H2,19,20,23,24). The number of likely N-dealkylation sites (tertiary alicyclic amines) is 2. The minimum absolute atomic E-state index is 0.00528. The summed E-state index contributed by atoms with van der Waals surface area (Å²) in [5.41, 5.74) is 1.85. The van der Waals surface area contributed by atoms with Gasteiger partial charge in [-0.2, -0.15) is 0 Å². The van der Waals surface area contributed by atoms with Gasteiger partial charge in [0.25, 0.3) is 11.8 Å². The average molecular weight is 792 g/mol. The summed E-state index contributed by atoms with van der Waals surface area (Å²) in [4.78, 5) is 75.2. The molecule has 13 heteroatoms. The van der Waals surface area contributed by atoms with Crippen molar-refractivity contribution in [2.75, 3.05) is 26.2 Å². The molecule has 2 aromatic carbocycles. The fourth-order valence-electron chi connectivity index (χ4n) is 8.37. The van der Waals surface area contributed by atoms with Crippen LogP contribution in [0.5, 0.6) is 0 Å². The van der Waals surface area contributed by atoms with Crippen LogP contribution >= 0.6 is 15.9 Å². The molecule has 0 radical (unpaired) electrons. The number of rotatable bonds is 7. The molecule has 4 aliphatic heterocycles. The molecule has 0 bridgehead atoms. The SMILES string of the molecule is CC1(CC(=O)N2CCC(c3ccc(Br)cc3)CC2)NC(=O)NC1=O.CC1(CC(=O)N2CCC(c3ccc(C4CCCCC4)cc3)CC2)NC(=O)NC1=O. The van der Waals surface area contributed by atoms with E-state index in [-0.39, 0.29) is 24.7 Å². The first-order valence-corrected chi connectivity index (χ1v) is 19.8. The van der Waals surface area contributed by atoms with Gasteiger partial charge in [-0.05, 0) is 98.9 Å². The van der Waals surface area contributed by atoms with Crippen LogP contribution in [0.4, 0.5) is 9.59 Å². The minimum Gasteiger partial charge on any atom is -0.343 e. The quantitative estimate of drug-likeness (QED) is 0.269. The Hall–Kier alpha value is -4.26. The first kappa shape index (κ1) is 38.5. The Labute approximate surface area is 319 Å². The molecule has 4 heterocycles. The summed E-state index contributed by atoms with van der Waals surface area (Å²) in [6.07, 6.45) is 10.4. The maximum Gasteiger partial charge on any atom is 0.322 e. The van der Waals surface area contributed by atoms with E-state index in [1.54, 1.807) is 18.7 Å². The lowest BCUT2D eigenvalue weighted by atomic mass is 9.82. The molecule has 1 aliphatic carbocycles. The number of imide groups is 2. The van der Waals surface area contributed by atoms with Gasteiger partial charge in [0.2, 0.25) is 11.8 Å². The first-order valence-electron chi connectivity index (χ1n) is 19.0. The molecular formula is C40H51BrN6O6. The number of carbonyl (C=O) groups is 6. The second-order valence-corrected chi connectivity index (χ2v) is 16.6. The van der Waals surface area contributed by atoms with Gasteiger partial charge in [0.05, 0.1) is 12.8 Å². The van der Waals surface area contributed by atoms with Crippen molar-refractivity contribution in [2.45, 2.75) is 113 Å². The first-order chi connectivity index (χ1) is 25.3. The number of nitrogens with one attached hydrogen (secondary N) is 4.